The fraction of sp³-hybridized carbons (Fsp3) is 0.190. The number of amides is 1. The molecule has 28 heavy (non-hydrogen) atoms. The zero-order chi connectivity index (χ0) is 19.7. The van der Waals surface area contributed by atoms with Gasteiger partial charge in [0, 0.05) is 12.6 Å². The van der Waals surface area contributed by atoms with Crippen molar-refractivity contribution < 1.29 is 18.5 Å². The number of carbonyl (C=O) groups is 1. The van der Waals surface area contributed by atoms with Crippen molar-refractivity contribution in [1.82, 2.24) is 10.1 Å². The van der Waals surface area contributed by atoms with Gasteiger partial charge in [0.2, 0.25) is 0 Å². The van der Waals surface area contributed by atoms with Crippen LogP contribution >= 0.6 is 0 Å². The smallest absolute Gasteiger partial charge is 0.259 e. The standard InChI is InChI=1S/C21H19N3O4/c1-12-17(13(2)28-24-12)11-26-19-7-5-4-6-16(19)21(25)23-15-8-9-20-18(10-15)22-14(3)27-20/h4-10H,11H2,1-3H3,(H,23,25). The molecule has 0 radical (unpaired) electrons. The molecule has 0 aliphatic heterocycles. The van der Waals surface area contributed by atoms with E-state index < -0.39 is 0 Å². The molecule has 2 aromatic carbocycles. The minimum Gasteiger partial charge on any atom is -0.488 e. The SMILES string of the molecule is Cc1nc2cc(NC(=O)c3ccccc3OCc3c(C)noc3C)ccc2o1. The lowest BCUT2D eigenvalue weighted by Crippen LogP contribution is -2.13. The van der Waals surface area contributed by atoms with Crippen molar-refractivity contribution in [1.29, 1.82) is 0 Å². The van der Waals surface area contributed by atoms with Gasteiger partial charge in [-0.2, -0.15) is 0 Å². The Morgan fingerprint density at radius 2 is 1.96 bits per heavy atom. The number of para-hydroxylation sites is 1. The molecular formula is C21H19N3O4. The largest absolute Gasteiger partial charge is 0.488 e. The van der Waals surface area contributed by atoms with Crippen LogP contribution in [0, 0.1) is 20.8 Å². The number of oxazole rings is 1. The summed E-state index contributed by atoms with van der Waals surface area (Å²) in [6, 6.07) is 12.4. The number of hydrogen-bond donors (Lipinski definition) is 1. The Morgan fingerprint density at radius 3 is 2.75 bits per heavy atom. The number of nitrogens with zero attached hydrogens (tertiary/aromatic N) is 2. The first kappa shape index (κ1) is 17.8. The second-order valence-corrected chi connectivity index (χ2v) is 6.46. The lowest BCUT2D eigenvalue weighted by molar-refractivity contribution is 0.102. The van der Waals surface area contributed by atoms with Crippen LogP contribution in [0.15, 0.2) is 51.4 Å². The van der Waals surface area contributed by atoms with Gasteiger partial charge in [0.25, 0.3) is 5.91 Å². The van der Waals surface area contributed by atoms with Crippen molar-refractivity contribution >= 4 is 22.7 Å². The maximum atomic E-state index is 12.8. The molecule has 0 spiro atoms. The first-order valence-corrected chi connectivity index (χ1v) is 8.83. The number of aromatic nitrogens is 2. The van der Waals surface area contributed by atoms with Crippen molar-refractivity contribution in [2.24, 2.45) is 0 Å². The molecule has 142 valence electrons. The number of benzene rings is 2. The molecule has 0 saturated carbocycles. The van der Waals surface area contributed by atoms with Crippen molar-refractivity contribution in [3.8, 4) is 5.75 Å². The molecule has 0 atom stereocenters. The van der Waals surface area contributed by atoms with E-state index in [-0.39, 0.29) is 12.5 Å². The Labute approximate surface area is 161 Å². The molecule has 1 N–H and O–H groups in total. The average Bonchev–Trinajstić information content (AvgIpc) is 3.20. The van der Waals surface area contributed by atoms with Gasteiger partial charge in [0.05, 0.1) is 16.8 Å². The van der Waals surface area contributed by atoms with Gasteiger partial charge in [-0.3, -0.25) is 4.79 Å². The molecular weight excluding hydrogens is 358 g/mol. The highest BCUT2D eigenvalue weighted by molar-refractivity contribution is 6.06. The van der Waals surface area contributed by atoms with E-state index >= 15 is 0 Å². The Bertz CT molecular complexity index is 1140. The number of carbonyl (C=O) groups excluding carboxylic acids is 1. The normalized spacial score (nSPS) is 11.0. The number of anilines is 1. The van der Waals surface area contributed by atoms with Gasteiger partial charge in [0.1, 0.15) is 23.6 Å². The maximum absolute atomic E-state index is 12.8. The predicted octanol–water partition coefficient (Wildman–Crippen LogP) is 4.57. The second-order valence-electron chi connectivity index (χ2n) is 6.46. The van der Waals surface area contributed by atoms with Crippen LogP contribution in [-0.2, 0) is 6.61 Å². The van der Waals surface area contributed by atoms with Gasteiger partial charge in [-0.25, -0.2) is 4.98 Å². The molecule has 1 amide bonds. The van der Waals surface area contributed by atoms with E-state index in [1.165, 1.54) is 0 Å². The van der Waals surface area contributed by atoms with E-state index in [4.69, 9.17) is 13.7 Å². The topological polar surface area (TPSA) is 90.4 Å². The van der Waals surface area contributed by atoms with E-state index in [0.717, 1.165) is 11.3 Å². The minimum atomic E-state index is -0.270. The van der Waals surface area contributed by atoms with Crippen LogP contribution in [0.2, 0.25) is 0 Å². The molecule has 0 unspecified atom stereocenters. The molecule has 0 fully saturated rings. The van der Waals surface area contributed by atoms with Crippen molar-refractivity contribution in [3.63, 3.8) is 0 Å². The molecule has 4 aromatic rings. The summed E-state index contributed by atoms with van der Waals surface area (Å²) < 4.78 is 16.5. The molecule has 7 nitrogen and oxygen atoms in total. The number of ether oxygens (including phenoxy) is 1. The summed E-state index contributed by atoms with van der Waals surface area (Å²) in [6.45, 7) is 5.75. The second kappa shape index (κ2) is 7.19. The van der Waals surface area contributed by atoms with Gasteiger partial charge in [-0.1, -0.05) is 17.3 Å². The minimum absolute atomic E-state index is 0.270. The van der Waals surface area contributed by atoms with Crippen LogP contribution in [0.1, 0.15) is 33.3 Å². The third-order valence-electron chi connectivity index (χ3n) is 4.44. The third-order valence-corrected chi connectivity index (χ3v) is 4.44. The number of nitrogens with one attached hydrogen (secondary N) is 1. The molecule has 0 aliphatic carbocycles. The van der Waals surface area contributed by atoms with E-state index in [1.807, 2.05) is 19.9 Å². The molecule has 2 heterocycles. The number of fused-ring (bicyclic) bond motifs is 1. The van der Waals surface area contributed by atoms with Crippen LogP contribution in [0.5, 0.6) is 5.75 Å². The van der Waals surface area contributed by atoms with E-state index in [0.29, 0.717) is 39.8 Å². The van der Waals surface area contributed by atoms with Gasteiger partial charge in [0.15, 0.2) is 11.5 Å². The van der Waals surface area contributed by atoms with Crippen LogP contribution in [0.4, 0.5) is 5.69 Å². The van der Waals surface area contributed by atoms with Gasteiger partial charge in [-0.15, -0.1) is 0 Å². The lowest BCUT2D eigenvalue weighted by atomic mass is 10.1. The molecule has 7 heteroatoms. The highest BCUT2D eigenvalue weighted by Gasteiger charge is 2.15. The van der Waals surface area contributed by atoms with Crippen LogP contribution < -0.4 is 10.1 Å². The molecule has 0 bridgehead atoms. The van der Waals surface area contributed by atoms with Crippen LogP contribution in [-0.4, -0.2) is 16.0 Å². The van der Waals surface area contributed by atoms with Gasteiger partial charge >= 0.3 is 0 Å². The maximum Gasteiger partial charge on any atom is 0.259 e. The van der Waals surface area contributed by atoms with Gasteiger partial charge in [-0.05, 0) is 44.2 Å². The summed E-state index contributed by atoms with van der Waals surface area (Å²) >= 11 is 0. The van der Waals surface area contributed by atoms with E-state index in [9.17, 15) is 4.79 Å². The summed E-state index contributed by atoms with van der Waals surface area (Å²) in [7, 11) is 0. The molecule has 0 saturated heterocycles. The summed E-state index contributed by atoms with van der Waals surface area (Å²) in [5, 5.41) is 6.81. The predicted molar refractivity (Wildman–Crippen MR) is 103 cm³/mol. The molecule has 0 aliphatic rings. The number of rotatable bonds is 5. The Hall–Kier alpha value is -3.61. The number of hydrogen-bond acceptors (Lipinski definition) is 6. The fourth-order valence-corrected chi connectivity index (χ4v) is 2.96. The van der Waals surface area contributed by atoms with Crippen LogP contribution in [0.25, 0.3) is 11.1 Å². The lowest BCUT2D eigenvalue weighted by Gasteiger charge is -2.11. The Balaban J connectivity index is 1.53. The summed E-state index contributed by atoms with van der Waals surface area (Å²) in [6.07, 6.45) is 0. The van der Waals surface area contributed by atoms with E-state index in [2.05, 4.69) is 15.5 Å². The molecule has 2 aromatic heterocycles. The van der Waals surface area contributed by atoms with Gasteiger partial charge < -0.3 is 19.0 Å². The first-order chi connectivity index (χ1) is 13.5. The zero-order valence-electron chi connectivity index (χ0n) is 15.8. The fourth-order valence-electron chi connectivity index (χ4n) is 2.96. The Kier molecular flexibility index (Phi) is 4.57. The molecule has 4 rings (SSSR count). The quantitative estimate of drug-likeness (QED) is 0.548. The van der Waals surface area contributed by atoms with Crippen molar-refractivity contribution in [2.45, 2.75) is 27.4 Å². The first-order valence-electron chi connectivity index (χ1n) is 8.83. The Morgan fingerprint density at radius 1 is 1.14 bits per heavy atom. The van der Waals surface area contributed by atoms with E-state index in [1.54, 1.807) is 43.3 Å². The summed E-state index contributed by atoms with van der Waals surface area (Å²) in [5.41, 5.74) is 4.09. The number of aryl methyl sites for hydroxylation is 3. The van der Waals surface area contributed by atoms with Crippen molar-refractivity contribution in [2.75, 3.05) is 5.32 Å². The third kappa shape index (κ3) is 3.46. The average molecular weight is 377 g/mol. The summed E-state index contributed by atoms with van der Waals surface area (Å²) in [5.74, 6) is 1.50. The van der Waals surface area contributed by atoms with Crippen molar-refractivity contribution in [3.05, 3.63) is 70.9 Å². The highest BCUT2D eigenvalue weighted by atomic mass is 16.5. The monoisotopic (exact) mass is 377 g/mol. The van der Waals surface area contributed by atoms with Crippen LogP contribution in [0.3, 0.4) is 0 Å². The zero-order valence-corrected chi connectivity index (χ0v) is 15.8. The highest BCUT2D eigenvalue weighted by Crippen LogP contribution is 2.24. The summed E-state index contributed by atoms with van der Waals surface area (Å²) in [4.78, 5) is 17.1.